The number of piperidine rings is 1. The average Bonchev–Trinajstić information content (AvgIpc) is 3.37. The van der Waals surface area contributed by atoms with Gasteiger partial charge in [-0.1, -0.05) is 6.42 Å². The standard InChI is InChI=1S/C24H35N3O4/c28-23(26-13-15-27(16-14-26)24(29)21-9-18-30-19-21)20-5-7-22(8-6-20)31-17-4-12-25-10-2-1-3-11-25/h5-8,21H,1-4,9-19H2. The van der Waals surface area contributed by atoms with Gasteiger partial charge in [-0.2, -0.15) is 0 Å². The van der Waals surface area contributed by atoms with Crippen LogP contribution in [0.4, 0.5) is 0 Å². The molecular formula is C24H35N3O4. The number of piperazine rings is 1. The van der Waals surface area contributed by atoms with Gasteiger partial charge in [-0.3, -0.25) is 9.59 Å². The molecule has 3 heterocycles. The van der Waals surface area contributed by atoms with Crippen LogP contribution in [0.3, 0.4) is 0 Å². The van der Waals surface area contributed by atoms with Crippen molar-refractivity contribution >= 4 is 11.8 Å². The van der Waals surface area contributed by atoms with Crippen LogP contribution in [0.1, 0.15) is 42.5 Å². The summed E-state index contributed by atoms with van der Waals surface area (Å²) in [7, 11) is 0. The fraction of sp³-hybridized carbons (Fsp3) is 0.667. The Morgan fingerprint density at radius 2 is 1.65 bits per heavy atom. The highest BCUT2D eigenvalue weighted by atomic mass is 16.5. The van der Waals surface area contributed by atoms with Crippen LogP contribution >= 0.6 is 0 Å². The first-order valence-electron chi connectivity index (χ1n) is 11.8. The summed E-state index contributed by atoms with van der Waals surface area (Å²) in [6.45, 7) is 7.78. The van der Waals surface area contributed by atoms with E-state index in [1.54, 1.807) is 0 Å². The Hall–Kier alpha value is -2.12. The van der Waals surface area contributed by atoms with Crippen LogP contribution in [0, 0.1) is 5.92 Å². The second-order valence-corrected chi connectivity index (χ2v) is 8.81. The summed E-state index contributed by atoms with van der Waals surface area (Å²) >= 11 is 0. The molecular weight excluding hydrogens is 394 g/mol. The molecule has 4 rings (SSSR count). The molecule has 0 radical (unpaired) electrons. The fourth-order valence-electron chi connectivity index (χ4n) is 4.65. The highest BCUT2D eigenvalue weighted by molar-refractivity contribution is 5.94. The summed E-state index contributed by atoms with van der Waals surface area (Å²) in [6, 6.07) is 7.45. The molecule has 31 heavy (non-hydrogen) atoms. The Morgan fingerprint density at radius 1 is 0.935 bits per heavy atom. The molecule has 3 aliphatic heterocycles. The lowest BCUT2D eigenvalue weighted by Gasteiger charge is -2.35. The van der Waals surface area contributed by atoms with E-state index in [1.165, 1.54) is 32.4 Å². The Kier molecular flexibility index (Phi) is 7.81. The minimum absolute atomic E-state index is 0.00495. The molecule has 3 fully saturated rings. The third-order valence-electron chi connectivity index (χ3n) is 6.59. The van der Waals surface area contributed by atoms with Crippen molar-refractivity contribution in [3.8, 4) is 5.75 Å². The highest BCUT2D eigenvalue weighted by Gasteiger charge is 2.31. The van der Waals surface area contributed by atoms with E-state index in [0.717, 1.165) is 25.1 Å². The molecule has 0 aliphatic carbocycles. The van der Waals surface area contributed by atoms with Gasteiger partial charge in [-0.05, 0) is 63.0 Å². The zero-order chi connectivity index (χ0) is 21.5. The molecule has 0 bridgehead atoms. The predicted octanol–water partition coefficient (Wildman–Crippen LogP) is 2.26. The largest absolute Gasteiger partial charge is 0.494 e. The van der Waals surface area contributed by atoms with Crippen LogP contribution < -0.4 is 4.74 Å². The summed E-state index contributed by atoms with van der Waals surface area (Å²) in [6.07, 6.45) is 5.83. The lowest BCUT2D eigenvalue weighted by Crippen LogP contribution is -2.52. The van der Waals surface area contributed by atoms with E-state index in [9.17, 15) is 9.59 Å². The van der Waals surface area contributed by atoms with Crippen molar-refractivity contribution in [2.75, 3.05) is 65.6 Å². The number of carbonyl (C=O) groups is 2. The van der Waals surface area contributed by atoms with Gasteiger partial charge in [-0.25, -0.2) is 0 Å². The third kappa shape index (κ3) is 5.98. The third-order valence-corrected chi connectivity index (χ3v) is 6.59. The Morgan fingerprint density at radius 3 is 2.32 bits per heavy atom. The van der Waals surface area contributed by atoms with Gasteiger partial charge in [-0.15, -0.1) is 0 Å². The molecule has 1 atom stereocenters. The Bertz CT molecular complexity index is 719. The molecule has 0 N–H and O–H groups in total. The van der Waals surface area contributed by atoms with E-state index in [-0.39, 0.29) is 17.7 Å². The lowest BCUT2D eigenvalue weighted by molar-refractivity contribution is -0.137. The molecule has 0 spiro atoms. The molecule has 170 valence electrons. The first kappa shape index (κ1) is 22.1. The second-order valence-electron chi connectivity index (χ2n) is 8.81. The number of carbonyl (C=O) groups excluding carboxylic acids is 2. The number of rotatable bonds is 7. The van der Waals surface area contributed by atoms with Crippen LogP contribution in [0.25, 0.3) is 0 Å². The summed E-state index contributed by atoms with van der Waals surface area (Å²) in [5, 5.41) is 0. The number of likely N-dealkylation sites (tertiary alicyclic amines) is 1. The van der Waals surface area contributed by atoms with E-state index >= 15 is 0 Å². The zero-order valence-electron chi connectivity index (χ0n) is 18.5. The maximum atomic E-state index is 12.8. The Balaban J connectivity index is 1.18. The van der Waals surface area contributed by atoms with Crippen molar-refractivity contribution in [3.63, 3.8) is 0 Å². The van der Waals surface area contributed by atoms with E-state index in [2.05, 4.69) is 4.90 Å². The van der Waals surface area contributed by atoms with E-state index < -0.39 is 0 Å². The average molecular weight is 430 g/mol. The molecule has 1 aromatic carbocycles. The van der Waals surface area contributed by atoms with E-state index in [4.69, 9.17) is 9.47 Å². The van der Waals surface area contributed by atoms with Crippen LogP contribution in [0.2, 0.25) is 0 Å². The number of amides is 2. The minimum atomic E-state index is -0.00495. The normalized spacial score (nSPS) is 22.5. The first-order valence-corrected chi connectivity index (χ1v) is 11.8. The lowest BCUT2D eigenvalue weighted by atomic mass is 10.1. The van der Waals surface area contributed by atoms with Gasteiger partial charge in [0.2, 0.25) is 5.91 Å². The van der Waals surface area contributed by atoms with Crippen LogP contribution in [-0.2, 0) is 9.53 Å². The smallest absolute Gasteiger partial charge is 0.253 e. The van der Waals surface area contributed by atoms with Crippen molar-refractivity contribution < 1.29 is 19.1 Å². The quantitative estimate of drug-likeness (QED) is 0.623. The molecule has 2 amide bonds. The number of benzene rings is 1. The van der Waals surface area contributed by atoms with Gasteiger partial charge in [0.05, 0.1) is 19.1 Å². The molecule has 0 saturated carbocycles. The van der Waals surface area contributed by atoms with E-state index in [0.29, 0.717) is 51.6 Å². The number of nitrogens with zero attached hydrogens (tertiary/aromatic N) is 3. The summed E-state index contributed by atoms with van der Waals surface area (Å²) in [5.74, 6) is 0.998. The first-order chi connectivity index (χ1) is 15.2. The number of hydrogen-bond donors (Lipinski definition) is 0. The fourth-order valence-corrected chi connectivity index (χ4v) is 4.65. The second kappa shape index (κ2) is 11.0. The van der Waals surface area contributed by atoms with Gasteiger partial charge in [0.25, 0.3) is 5.91 Å². The molecule has 0 aromatic heterocycles. The van der Waals surface area contributed by atoms with Crippen LogP contribution in [0.15, 0.2) is 24.3 Å². The number of ether oxygens (including phenoxy) is 2. The predicted molar refractivity (Wildman–Crippen MR) is 118 cm³/mol. The van der Waals surface area contributed by atoms with Crippen molar-refractivity contribution in [3.05, 3.63) is 29.8 Å². The molecule has 7 nitrogen and oxygen atoms in total. The highest BCUT2D eigenvalue weighted by Crippen LogP contribution is 2.19. The van der Waals surface area contributed by atoms with Crippen LogP contribution in [0.5, 0.6) is 5.75 Å². The number of hydrogen-bond acceptors (Lipinski definition) is 5. The van der Waals surface area contributed by atoms with Crippen molar-refractivity contribution in [2.45, 2.75) is 32.1 Å². The molecule has 3 aliphatic rings. The van der Waals surface area contributed by atoms with Gasteiger partial charge in [0.15, 0.2) is 0 Å². The van der Waals surface area contributed by atoms with Crippen LogP contribution in [-0.4, -0.2) is 92.1 Å². The molecule has 3 saturated heterocycles. The van der Waals surface area contributed by atoms with Gasteiger partial charge < -0.3 is 24.2 Å². The van der Waals surface area contributed by atoms with Gasteiger partial charge >= 0.3 is 0 Å². The van der Waals surface area contributed by atoms with Crippen molar-refractivity contribution in [1.82, 2.24) is 14.7 Å². The van der Waals surface area contributed by atoms with E-state index in [1.807, 2.05) is 34.1 Å². The topological polar surface area (TPSA) is 62.3 Å². The molecule has 7 heteroatoms. The Labute approximate surface area is 185 Å². The summed E-state index contributed by atoms with van der Waals surface area (Å²) in [5.41, 5.74) is 0.671. The SMILES string of the molecule is O=C(c1ccc(OCCCN2CCCCC2)cc1)N1CCN(C(=O)C2CCOC2)CC1. The minimum Gasteiger partial charge on any atom is -0.494 e. The maximum absolute atomic E-state index is 12.8. The summed E-state index contributed by atoms with van der Waals surface area (Å²) < 4.78 is 11.2. The molecule has 1 unspecified atom stereocenters. The zero-order valence-corrected chi connectivity index (χ0v) is 18.5. The van der Waals surface area contributed by atoms with Crippen molar-refractivity contribution in [1.29, 1.82) is 0 Å². The van der Waals surface area contributed by atoms with Gasteiger partial charge in [0.1, 0.15) is 5.75 Å². The summed E-state index contributed by atoms with van der Waals surface area (Å²) in [4.78, 5) is 31.6. The molecule has 1 aromatic rings. The maximum Gasteiger partial charge on any atom is 0.253 e. The van der Waals surface area contributed by atoms with Gasteiger partial charge in [0, 0.05) is 44.9 Å². The monoisotopic (exact) mass is 429 g/mol. The van der Waals surface area contributed by atoms with Crippen molar-refractivity contribution in [2.24, 2.45) is 5.92 Å².